The standard InChI is InChI=1S/C31H35N5O4S/c1-36(2)31(37)22-14-17-25(18-15-22)41(38,39)35-30-29(32-26-11-7-8-12-27(26)33-30)34-28-20-24(40-3)16-13-23(28)19-21-9-5-4-6-10-21/h7-8,11-18,20-21H,4-6,9-10,19H2,1-3H3,(H,32,34)(H,33,35). The van der Waals surface area contributed by atoms with E-state index in [2.05, 4.69) is 21.1 Å². The summed E-state index contributed by atoms with van der Waals surface area (Å²) in [5, 5.41) is 3.38. The lowest BCUT2D eigenvalue weighted by Gasteiger charge is -2.23. The van der Waals surface area contributed by atoms with Gasteiger partial charge in [0.25, 0.3) is 15.9 Å². The van der Waals surface area contributed by atoms with Gasteiger partial charge < -0.3 is 15.0 Å². The summed E-state index contributed by atoms with van der Waals surface area (Å²) in [5.41, 5.74) is 3.48. The number of fused-ring (bicyclic) bond motifs is 1. The van der Waals surface area contributed by atoms with Crippen molar-refractivity contribution in [3.8, 4) is 5.75 Å². The van der Waals surface area contributed by atoms with Crippen LogP contribution in [0.3, 0.4) is 0 Å². The molecule has 1 aromatic heterocycles. The van der Waals surface area contributed by atoms with E-state index in [-0.39, 0.29) is 22.4 Å². The molecule has 1 fully saturated rings. The Morgan fingerprint density at radius 3 is 2.22 bits per heavy atom. The number of carbonyl (C=O) groups excluding carboxylic acids is 1. The first-order valence-corrected chi connectivity index (χ1v) is 15.3. The number of hydrogen-bond acceptors (Lipinski definition) is 7. The average molecular weight is 574 g/mol. The van der Waals surface area contributed by atoms with Crippen molar-refractivity contribution in [3.63, 3.8) is 0 Å². The molecule has 9 nitrogen and oxygen atoms in total. The fourth-order valence-electron chi connectivity index (χ4n) is 5.19. The maximum atomic E-state index is 13.5. The minimum absolute atomic E-state index is 0.00748. The molecule has 0 radical (unpaired) electrons. The van der Waals surface area contributed by atoms with E-state index < -0.39 is 10.0 Å². The third-order valence-corrected chi connectivity index (χ3v) is 8.78. The van der Waals surface area contributed by atoms with Gasteiger partial charge in [-0.15, -0.1) is 0 Å². The van der Waals surface area contributed by atoms with Crippen LogP contribution in [0, 0.1) is 5.92 Å². The molecule has 0 spiro atoms. The largest absolute Gasteiger partial charge is 0.497 e. The summed E-state index contributed by atoms with van der Waals surface area (Å²) in [6.45, 7) is 0. The number of amides is 1. The number of anilines is 3. The minimum atomic E-state index is -4.05. The second kappa shape index (κ2) is 12.1. The molecular weight excluding hydrogens is 538 g/mol. The zero-order valence-corrected chi connectivity index (χ0v) is 24.4. The highest BCUT2D eigenvalue weighted by Crippen LogP contribution is 2.34. The fraction of sp³-hybridized carbons (Fsp3) is 0.323. The lowest BCUT2D eigenvalue weighted by molar-refractivity contribution is 0.0827. The summed E-state index contributed by atoms with van der Waals surface area (Å²) in [6, 6.07) is 19.0. The highest BCUT2D eigenvalue weighted by molar-refractivity contribution is 7.92. The molecule has 0 atom stereocenters. The van der Waals surface area contributed by atoms with E-state index in [4.69, 9.17) is 9.72 Å². The van der Waals surface area contributed by atoms with Gasteiger partial charge in [-0.05, 0) is 60.4 Å². The van der Waals surface area contributed by atoms with Crippen LogP contribution in [0.25, 0.3) is 11.0 Å². The van der Waals surface area contributed by atoms with Gasteiger partial charge in [-0.1, -0.05) is 50.3 Å². The normalized spacial score (nSPS) is 14.0. The summed E-state index contributed by atoms with van der Waals surface area (Å²) in [6.07, 6.45) is 7.09. The first-order chi connectivity index (χ1) is 19.7. The monoisotopic (exact) mass is 573 g/mol. The van der Waals surface area contributed by atoms with Crippen LogP contribution in [0.2, 0.25) is 0 Å². The zero-order valence-electron chi connectivity index (χ0n) is 23.6. The van der Waals surface area contributed by atoms with Gasteiger partial charge in [0.1, 0.15) is 5.75 Å². The number of rotatable bonds is 9. The lowest BCUT2D eigenvalue weighted by Crippen LogP contribution is -2.22. The molecule has 1 aliphatic rings. The van der Waals surface area contributed by atoms with Gasteiger partial charge in [0.05, 0.1) is 23.0 Å². The summed E-state index contributed by atoms with van der Waals surface area (Å²) in [4.78, 5) is 23.1. The molecular formula is C31H35N5O4S. The number of para-hydroxylation sites is 2. The number of methoxy groups -OCH3 is 1. The predicted octanol–water partition coefficient (Wildman–Crippen LogP) is 6.01. The molecule has 4 aromatic rings. The number of ether oxygens (including phenoxy) is 1. The van der Waals surface area contributed by atoms with Gasteiger partial charge in [-0.25, -0.2) is 18.4 Å². The van der Waals surface area contributed by atoms with Crippen molar-refractivity contribution in [2.24, 2.45) is 5.92 Å². The SMILES string of the molecule is COc1ccc(CC2CCCCC2)c(Nc2nc3ccccc3nc2NS(=O)(=O)c2ccc(C(=O)N(C)C)cc2)c1. The van der Waals surface area contributed by atoms with Crippen LogP contribution in [-0.4, -0.2) is 50.4 Å². The first-order valence-electron chi connectivity index (χ1n) is 13.8. The van der Waals surface area contributed by atoms with Crippen molar-refractivity contribution < 1.29 is 17.9 Å². The van der Waals surface area contributed by atoms with Crippen molar-refractivity contribution >= 4 is 44.3 Å². The molecule has 0 bridgehead atoms. The average Bonchev–Trinajstić information content (AvgIpc) is 2.98. The Labute approximate surface area is 241 Å². The number of nitrogens with one attached hydrogen (secondary N) is 2. The molecule has 0 unspecified atom stereocenters. The second-order valence-corrected chi connectivity index (χ2v) is 12.3. The first kappa shape index (κ1) is 28.4. The molecule has 10 heteroatoms. The highest BCUT2D eigenvalue weighted by Gasteiger charge is 2.22. The molecule has 3 aromatic carbocycles. The Kier molecular flexibility index (Phi) is 8.39. The van der Waals surface area contributed by atoms with Crippen molar-refractivity contribution in [2.75, 3.05) is 31.2 Å². The van der Waals surface area contributed by atoms with Crippen LogP contribution in [0.1, 0.15) is 48.0 Å². The lowest BCUT2D eigenvalue weighted by atomic mass is 9.84. The molecule has 1 aliphatic carbocycles. The number of sulfonamides is 1. The predicted molar refractivity (Wildman–Crippen MR) is 161 cm³/mol. The molecule has 0 saturated heterocycles. The van der Waals surface area contributed by atoms with Crippen molar-refractivity contribution in [1.29, 1.82) is 0 Å². The van der Waals surface area contributed by atoms with Crippen molar-refractivity contribution in [2.45, 2.75) is 43.4 Å². The van der Waals surface area contributed by atoms with E-state index in [1.54, 1.807) is 27.3 Å². The maximum Gasteiger partial charge on any atom is 0.263 e. The van der Waals surface area contributed by atoms with Gasteiger partial charge in [-0.2, -0.15) is 0 Å². The number of benzene rings is 3. The number of nitrogens with zero attached hydrogens (tertiary/aromatic N) is 3. The Balaban J connectivity index is 1.50. The highest BCUT2D eigenvalue weighted by atomic mass is 32.2. The van der Waals surface area contributed by atoms with Crippen molar-refractivity contribution in [1.82, 2.24) is 14.9 Å². The van der Waals surface area contributed by atoms with Crippen LogP contribution in [0.15, 0.2) is 71.6 Å². The molecule has 2 N–H and O–H groups in total. The summed E-state index contributed by atoms with van der Waals surface area (Å²) in [5.74, 6) is 1.42. The van der Waals surface area contributed by atoms with Gasteiger partial charge in [0.15, 0.2) is 11.6 Å². The molecule has 0 aliphatic heterocycles. The molecule has 1 saturated carbocycles. The van der Waals surface area contributed by atoms with Crippen LogP contribution >= 0.6 is 0 Å². The van der Waals surface area contributed by atoms with Gasteiger partial charge in [-0.3, -0.25) is 9.52 Å². The zero-order chi connectivity index (χ0) is 29.0. The fourth-order valence-corrected chi connectivity index (χ4v) is 6.20. The summed E-state index contributed by atoms with van der Waals surface area (Å²) >= 11 is 0. The Morgan fingerprint density at radius 1 is 0.927 bits per heavy atom. The third kappa shape index (κ3) is 6.59. The molecule has 41 heavy (non-hydrogen) atoms. The molecule has 1 amide bonds. The molecule has 214 valence electrons. The molecule has 5 rings (SSSR count). The Hall–Kier alpha value is -4.18. The molecule has 1 heterocycles. The Bertz CT molecular complexity index is 1650. The van der Waals surface area contributed by atoms with E-state index in [1.807, 2.05) is 30.3 Å². The van der Waals surface area contributed by atoms with E-state index in [0.29, 0.717) is 28.3 Å². The smallest absolute Gasteiger partial charge is 0.263 e. The van der Waals surface area contributed by atoms with Crippen LogP contribution in [0.4, 0.5) is 17.3 Å². The minimum Gasteiger partial charge on any atom is -0.497 e. The van der Waals surface area contributed by atoms with E-state index >= 15 is 0 Å². The van der Waals surface area contributed by atoms with E-state index in [1.165, 1.54) is 61.3 Å². The van der Waals surface area contributed by atoms with Gasteiger partial charge in [0, 0.05) is 31.4 Å². The quantitative estimate of drug-likeness (QED) is 0.252. The van der Waals surface area contributed by atoms with Crippen LogP contribution in [-0.2, 0) is 16.4 Å². The van der Waals surface area contributed by atoms with Crippen LogP contribution < -0.4 is 14.8 Å². The van der Waals surface area contributed by atoms with Crippen LogP contribution in [0.5, 0.6) is 5.75 Å². The van der Waals surface area contributed by atoms with E-state index in [9.17, 15) is 13.2 Å². The topological polar surface area (TPSA) is 114 Å². The second-order valence-electron chi connectivity index (χ2n) is 10.6. The number of carbonyl (C=O) groups is 1. The van der Waals surface area contributed by atoms with Gasteiger partial charge in [0.2, 0.25) is 0 Å². The van der Waals surface area contributed by atoms with Crippen molar-refractivity contribution in [3.05, 3.63) is 77.9 Å². The number of aromatic nitrogens is 2. The number of hydrogen-bond donors (Lipinski definition) is 2. The summed E-state index contributed by atoms with van der Waals surface area (Å²) < 4.78 is 35.1. The maximum absolute atomic E-state index is 13.5. The van der Waals surface area contributed by atoms with Gasteiger partial charge >= 0.3 is 0 Å². The Morgan fingerprint density at radius 2 is 1.59 bits per heavy atom. The summed E-state index contributed by atoms with van der Waals surface area (Å²) in [7, 11) is 0.857. The third-order valence-electron chi connectivity index (χ3n) is 7.42. The van der Waals surface area contributed by atoms with E-state index in [0.717, 1.165) is 17.7 Å².